The van der Waals surface area contributed by atoms with Crippen molar-refractivity contribution in [2.45, 2.75) is 32.4 Å². The van der Waals surface area contributed by atoms with E-state index in [9.17, 15) is 4.79 Å². The molecule has 1 aliphatic heterocycles. The molecule has 1 N–H and O–H groups in total. The van der Waals surface area contributed by atoms with Gasteiger partial charge in [-0.2, -0.15) is 5.10 Å². The van der Waals surface area contributed by atoms with E-state index in [-0.39, 0.29) is 11.5 Å². The number of hydrogen-bond donors (Lipinski definition) is 1. The maximum Gasteiger partial charge on any atom is 0.251 e. The zero-order valence-electron chi connectivity index (χ0n) is 16.6. The molecule has 0 atom stereocenters. The van der Waals surface area contributed by atoms with Crippen LogP contribution in [0.3, 0.4) is 0 Å². The highest BCUT2D eigenvalue weighted by Gasteiger charge is 2.32. The SMILES string of the molecule is CC1(C)Cc2cccc(OCCNC(=O)c3ccc(Cn4cncn4)cc3)c2O1. The molecule has 2 heterocycles. The second-order valence-electron chi connectivity index (χ2n) is 7.68. The molecule has 4 rings (SSSR count). The number of nitrogens with zero attached hydrogens (tertiary/aromatic N) is 3. The maximum absolute atomic E-state index is 12.3. The van der Waals surface area contributed by atoms with Gasteiger partial charge >= 0.3 is 0 Å². The third-order valence-corrected chi connectivity index (χ3v) is 4.73. The zero-order chi connectivity index (χ0) is 20.3. The summed E-state index contributed by atoms with van der Waals surface area (Å²) in [6.45, 7) is 5.53. The van der Waals surface area contributed by atoms with Crippen LogP contribution in [0.15, 0.2) is 55.1 Å². The van der Waals surface area contributed by atoms with Gasteiger partial charge in [-0.15, -0.1) is 0 Å². The van der Waals surface area contributed by atoms with Gasteiger partial charge in [-0.05, 0) is 37.6 Å². The van der Waals surface area contributed by atoms with Crippen molar-refractivity contribution >= 4 is 5.91 Å². The number of carbonyl (C=O) groups excluding carboxylic acids is 1. The summed E-state index contributed by atoms with van der Waals surface area (Å²) in [6, 6.07) is 13.4. The lowest BCUT2D eigenvalue weighted by molar-refractivity contribution is 0.0946. The van der Waals surface area contributed by atoms with Gasteiger partial charge in [0.1, 0.15) is 24.9 Å². The fourth-order valence-electron chi connectivity index (χ4n) is 3.39. The second-order valence-corrected chi connectivity index (χ2v) is 7.68. The van der Waals surface area contributed by atoms with Crippen molar-refractivity contribution in [1.82, 2.24) is 20.1 Å². The van der Waals surface area contributed by atoms with E-state index in [4.69, 9.17) is 9.47 Å². The Hall–Kier alpha value is -3.35. The van der Waals surface area contributed by atoms with Crippen LogP contribution in [-0.4, -0.2) is 39.4 Å². The van der Waals surface area contributed by atoms with Gasteiger partial charge < -0.3 is 14.8 Å². The van der Waals surface area contributed by atoms with Gasteiger partial charge in [-0.1, -0.05) is 24.3 Å². The molecule has 0 aliphatic carbocycles. The van der Waals surface area contributed by atoms with E-state index < -0.39 is 0 Å². The van der Waals surface area contributed by atoms with Gasteiger partial charge in [0.25, 0.3) is 5.91 Å². The van der Waals surface area contributed by atoms with E-state index in [0.717, 1.165) is 29.0 Å². The van der Waals surface area contributed by atoms with Crippen molar-refractivity contribution in [3.63, 3.8) is 0 Å². The molecule has 0 bridgehead atoms. The molecule has 150 valence electrons. The molecule has 1 amide bonds. The summed E-state index contributed by atoms with van der Waals surface area (Å²) in [4.78, 5) is 16.3. The summed E-state index contributed by atoms with van der Waals surface area (Å²) in [5, 5.41) is 6.96. The summed E-state index contributed by atoms with van der Waals surface area (Å²) in [5.74, 6) is 1.41. The number of nitrogens with one attached hydrogen (secondary N) is 1. The Labute approximate surface area is 169 Å². The average molecular weight is 392 g/mol. The normalized spacial score (nSPS) is 14.1. The molecule has 7 nitrogen and oxygen atoms in total. The molecule has 7 heteroatoms. The third kappa shape index (κ3) is 4.56. The highest BCUT2D eigenvalue weighted by molar-refractivity contribution is 5.94. The number of hydrogen-bond acceptors (Lipinski definition) is 5. The van der Waals surface area contributed by atoms with Gasteiger partial charge in [0.15, 0.2) is 11.5 Å². The topological polar surface area (TPSA) is 78.3 Å². The lowest BCUT2D eigenvalue weighted by Gasteiger charge is -2.18. The number of carbonyl (C=O) groups is 1. The van der Waals surface area contributed by atoms with Crippen LogP contribution in [0.5, 0.6) is 11.5 Å². The van der Waals surface area contributed by atoms with Gasteiger partial charge in [0.05, 0.1) is 13.1 Å². The number of aromatic nitrogens is 3. The number of para-hydroxylation sites is 1. The number of amides is 1. The number of benzene rings is 2. The van der Waals surface area contributed by atoms with Crippen LogP contribution in [0.4, 0.5) is 0 Å². The Balaban J connectivity index is 1.26. The summed E-state index contributed by atoms with van der Waals surface area (Å²) >= 11 is 0. The minimum atomic E-state index is -0.212. The van der Waals surface area contributed by atoms with Gasteiger partial charge in [-0.3, -0.25) is 4.79 Å². The minimum Gasteiger partial charge on any atom is -0.488 e. The maximum atomic E-state index is 12.3. The lowest BCUT2D eigenvalue weighted by Crippen LogP contribution is -2.28. The van der Waals surface area contributed by atoms with Crippen molar-refractivity contribution in [2.75, 3.05) is 13.2 Å². The molecule has 29 heavy (non-hydrogen) atoms. The van der Waals surface area contributed by atoms with Gasteiger partial charge in [-0.25, -0.2) is 9.67 Å². The van der Waals surface area contributed by atoms with Crippen molar-refractivity contribution in [1.29, 1.82) is 0 Å². The van der Waals surface area contributed by atoms with E-state index >= 15 is 0 Å². The van der Waals surface area contributed by atoms with Crippen LogP contribution in [0, 0.1) is 0 Å². The smallest absolute Gasteiger partial charge is 0.251 e. The summed E-state index contributed by atoms with van der Waals surface area (Å²) in [5.41, 5.74) is 2.60. The molecule has 3 aromatic rings. The Morgan fingerprint density at radius 2 is 2.07 bits per heavy atom. The van der Waals surface area contributed by atoms with Gasteiger partial charge in [0.2, 0.25) is 0 Å². The molecule has 2 aromatic carbocycles. The van der Waals surface area contributed by atoms with Gasteiger partial charge in [0, 0.05) is 17.5 Å². The highest BCUT2D eigenvalue weighted by atomic mass is 16.5. The molecule has 0 unspecified atom stereocenters. The molecule has 0 saturated heterocycles. The van der Waals surface area contributed by atoms with Crippen LogP contribution in [0.1, 0.15) is 35.3 Å². The molecule has 0 saturated carbocycles. The largest absolute Gasteiger partial charge is 0.488 e. The first-order valence-corrected chi connectivity index (χ1v) is 9.63. The molecule has 0 radical (unpaired) electrons. The van der Waals surface area contributed by atoms with E-state index in [1.165, 1.54) is 6.33 Å². The Kier molecular flexibility index (Phi) is 5.20. The zero-order valence-corrected chi connectivity index (χ0v) is 16.6. The second kappa shape index (κ2) is 7.95. The van der Waals surface area contributed by atoms with E-state index in [1.54, 1.807) is 11.0 Å². The fraction of sp³-hybridized carbons (Fsp3) is 0.318. The Bertz CT molecular complexity index is 982. The van der Waals surface area contributed by atoms with Crippen molar-refractivity contribution in [3.8, 4) is 11.5 Å². The summed E-state index contributed by atoms with van der Waals surface area (Å²) in [6.07, 6.45) is 4.03. The lowest BCUT2D eigenvalue weighted by atomic mass is 10.0. The molecule has 1 aliphatic rings. The number of rotatable bonds is 7. The Morgan fingerprint density at radius 3 is 2.83 bits per heavy atom. The average Bonchev–Trinajstić information content (AvgIpc) is 3.31. The number of fused-ring (bicyclic) bond motifs is 1. The van der Waals surface area contributed by atoms with Crippen LogP contribution >= 0.6 is 0 Å². The first-order chi connectivity index (χ1) is 14.0. The highest BCUT2D eigenvalue weighted by Crippen LogP contribution is 2.41. The summed E-state index contributed by atoms with van der Waals surface area (Å²) < 4.78 is 13.6. The van der Waals surface area contributed by atoms with Crippen molar-refractivity contribution in [3.05, 3.63) is 71.8 Å². The minimum absolute atomic E-state index is 0.128. The Morgan fingerprint density at radius 1 is 1.24 bits per heavy atom. The molecule has 1 aromatic heterocycles. The standard InChI is InChI=1S/C22H24N4O3/c1-22(2)12-18-4-3-5-19(20(18)29-22)28-11-10-24-21(27)17-8-6-16(7-9-17)13-26-15-23-14-25-26/h3-9,14-15H,10-13H2,1-2H3,(H,24,27). The van der Waals surface area contributed by atoms with Crippen LogP contribution in [0.25, 0.3) is 0 Å². The predicted molar refractivity (Wildman–Crippen MR) is 108 cm³/mol. The third-order valence-electron chi connectivity index (χ3n) is 4.73. The van der Waals surface area contributed by atoms with E-state index in [2.05, 4.69) is 35.3 Å². The molecular formula is C22H24N4O3. The summed E-state index contributed by atoms with van der Waals surface area (Å²) in [7, 11) is 0. The van der Waals surface area contributed by atoms with E-state index in [0.29, 0.717) is 25.3 Å². The first-order valence-electron chi connectivity index (χ1n) is 9.63. The van der Waals surface area contributed by atoms with Crippen LogP contribution < -0.4 is 14.8 Å². The van der Waals surface area contributed by atoms with Crippen LogP contribution in [-0.2, 0) is 13.0 Å². The van der Waals surface area contributed by atoms with Crippen molar-refractivity contribution < 1.29 is 14.3 Å². The first kappa shape index (κ1) is 19.0. The monoisotopic (exact) mass is 392 g/mol. The van der Waals surface area contributed by atoms with Crippen molar-refractivity contribution in [2.24, 2.45) is 0 Å². The molecular weight excluding hydrogens is 368 g/mol. The van der Waals surface area contributed by atoms with E-state index in [1.807, 2.05) is 36.4 Å². The fourth-order valence-corrected chi connectivity index (χ4v) is 3.39. The quantitative estimate of drug-likeness (QED) is 0.626. The molecule has 0 fully saturated rings. The number of ether oxygens (including phenoxy) is 2. The van der Waals surface area contributed by atoms with Crippen LogP contribution in [0.2, 0.25) is 0 Å². The molecule has 0 spiro atoms. The predicted octanol–water partition coefficient (Wildman–Crippen LogP) is 2.85.